The van der Waals surface area contributed by atoms with Crippen LogP contribution in [0.2, 0.25) is 5.02 Å². The third kappa shape index (κ3) is 7.36. The summed E-state index contributed by atoms with van der Waals surface area (Å²) >= 11 is 5.99. The maximum atomic E-state index is 13.9. The standard InChI is InChI=1S/C29H34ClN3O4S/c1-20(2)31-29(35)23(5)32(18-24-10-6-8-21(3)16-24)28(34)19-33(26-11-7-9-22(4)17-26)38(36,37)27-14-12-25(30)13-15-27/h6-17,20,23H,18-19H2,1-5H3,(H,31,35). The Morgan fingerprint density at radius 2 is 1.50 bits per heavy atom. The van der Waals surface area contributed by atoms with Crippen molar-refractivity contribution in [3.05, 3.63) is 94.5 Å². The zero-order valence-corrected chi connectivity index (χ0v) is 23.9. The number of nitrogens with one attached hydrogen (secondary N) is 1. The first-order valence-corrected chi connectivity index (χ1v) is 14.2. The van der Waals surface area contributed by atoms with E-state index in [0.717, 1.165) is 21.0 Å². The van der Waals surface area contributed by atoms with Crippen LogP contribution < -0.4 is 9.62 Å². The van der Waals surface area contributed by atoms with E-state index in [1.165, 1.54) is 29.2 Å². The fourth-order valence-corrected chi connectivity index (χ4v) is 5.57. The van der Waals surface area contributed by atoms with Gasteiger partial charge in [-0.25, -0.2) is 8.42 Å². The van der Waals surface area contributed by atoms with Crippen molar-refractivity contribution in [2.24, 2.45) is 0 Å². The molecule has 1 N–H and O–H groups in total. The summed E-state index contributed by atoms with van der Waals surface area (Å²) in [5, 5.41) is 3.25. The Morgan fingerprint density at radius 1 is 0.895 bits per heavy atom. The summed E-state index contributed by atoms with van der Waals surface area (Å²) in [6.45, 7) is 8.79. The summed E-state index contributed by atoms with van der Waals surface area (Å²) < 4.78 is 28.7. The van der Waals surface area contributed by atoms with E-state index < -0.39 is 28.5 Å². The number of rotatable bonds is 10. The predicted molar refractivity (Wildman–Crippen MR) is 152 cm³/mol. The molecule has 0 aliphatic rings. The lowest BCUT2D eigenvalue weighted by atomic mass is 10.1. The number of amides is 2. The number of nitrogens with zero attached hydrogens (tertiary/aromatic N) is 2. The summed E-state index contributed by atoms with van der Waals surface area (Å²) in [4.78, 5) is 28.3. The number of hydrogen-bond donors (Lipinski definition) is 1. The highest BCUT2D eigenvalue weighted by Crippen LogP contribution is 2.26. The Morgan fingerprint density at radius 3 is 2.08 bits per heavy atom. The molecular formula is C29H34ClN3O4S. The average molecular weight is 556 g/mol. The Balaban J connectivity index is 2.03. The van der Waals surface area contributed by atoms with Gasteiger partial charge in [0, 0.05) is 17.6 Å². The third-order valence-corrected chi connectivity index (χ3v) is 8.04. The van der Waals surface area contributed by atoms with Crippen molar-refractivity contribution < 1.29 is 18.0 Å². The third-order valence-electron chi connectivity index (χ3n) is 6.00. The number of anilines is 1. The summed E-state index contributed by atoms with van der Waals surface area (Å²) in [6, 6.07) is 19.5. The number of sulfonamides is 1. The van der Waals surface area contributed by atoms with Gasteiger partial charge in [0.2, 0.25) is 11.8 Å². The zero-order valence-electron chi connectivity index (χ0n) is 22.3. The molecule has 3 aromatic carbocycles. The van der Waals surface area contributed by atoms with Crippen molar-refractivity contribution in [3.8, 4) is 0 Å². The first kappa shape index (κ1) is 29.2. The molecule has 1 atom stereocenters. The molecule has 0 aliphatic carbocycles. The second kappa shape index (κ2) is 12.5. The van der Waals surface area contributed by atoms with Gasteiger partial charge < -0.3 is 10.2 Å². The second-order valence-corrected chi connectivity index (χ2v) is 12.0. The molecule has 9 heteroatoms. The maximum Gasteiger partial charge on any atom is 0.264 e. The van der Waals surface area contributed by atoms with E-state index in [4.69, 9.17) is 11.6 Å². The van der Waals surface area contributed by atoms with Crippen molar-refractivity contribution in [2.45, 2.75) is 58.1 Å². The van der Waals surface area contributed by atoms with E-state index in [-0.39, 0.29) is 23.4 Å². The minimum atomic E-state index is -4.13. The number of benzene rings is 3. The smallest absolute Gasteiger partial charge is 0.264 e. The van der Waals surface area contributed by atoms with Crippen LogP contribution in [0.15, 0.2) is 77.7 Å². The Bertz CT molecular complexity index is 1390. The molecule has 7 nitrogen and oxygen atoms in total. The molecular weight excluding hydrogens is 522 g/mol. The highest BCUT2D eigenvalue weighted by atomic mass is 35.5. The van der Waals surface area contributed by atoms with Crippen LogP contribution in [-0.2, 0) is 26.2 Å². The van der Waals surface area contributed by atoms with Crippen molar-refractivity contribution in [2.75, 3.05) is 10.8 Å². The molecule has 0 aliphatic heterocycles. The molecule has 0 radical (unpaired) electrons. The van der Waals surface area contributed by atoms with Gasteiger partial charge in [-0.05, 0) is 82.1 Å². The monoisotopic (exact) mass is 555 g/mol. The molecule has 0 saturated heterocycles. The van der Waals surface area contributed by atoms with Crippen LogP contribution in [0.4, 0.5) is 5.69 Å². The van der Waals surface area contributed by atoms with Crippen molar-refractivity contribution in [1.82, 2.24) is 10.2 Å². The number of halogens is 1. The molecule has 0 fully saturated rings. The first-order chi connectivity index (χ1) is 17.9. The summed E-state index contributed by atoms with van der Waals surface area (Å²) in [6.07, 6.45) is 0. The van der Waals surface area contributed by atoms with Crippen LogP contribution in [0.1, 0.15) is 37.5 Å². The molecule has 0 saturated carbocycles. The van der Waals surface area contributed by atoms with Gasteiger partial charge in [0.05, 0.1) is 10.6 Å². The van der Waals surface area contributed by atoms with Crippen LogP contribution in [0, 0.1) is 13.8 Å². The fraction of sp³-hybridized carbons (Fsp3) is 0.310. The number of hydrogen-bond acceptors (Lipinski definition) is 4. The van der Waals surface area contributed by atoms with Crippen LogP contribution in [0.25, 0.3) is 0 Å². The average Bonchev–Trinajstić information content (AvgIpc) is 2.85. The fourth-order valence-electron chi connectivity index (χ4n) is 4.04. The normalized spacial score (nSPS) is 12.2. The van der Waals surface area contributed by atoms with E-state index in [1.54, 1.807) is 25.1 Å². The number of carbonyl (C=O) groups is 2. The molecule has 2 amide bonds. The lowest BCUT2D eigenvalue weighted by molar-refractivity contribution is -0.139. The van der Waals surface area contributed by atoms with Gasteiger partial charge in [-0.2, -0.15) is 0 Å². The molecule has 3 aromatic rings. The van der Waals surface area contributed by atoms with Gasteiger partial charge in [0.25, 0.3) is 10.0 Å². The highest BCUT2D eigenvalue weighted by molar-refractivity contribution is 7.92. The maximum absolute atomic E-state index is 13.9. The van der Waals surface area contributed by atoms with Crippen LogP contribution in [-0.4, -0.2) is 43.8 Å². The van der Waals surface area contributed by atoms with E-state index in [9.17, 15) is 18.0 Å². The van der Waals surface area contributed by atoms with Gasteiger partial charge in [-0.3, -0.25) is 13.9 Å². The van der Waals surface area contributed by atoms with Crippen molar-refractivity contribution in [1.29, 1.82) is 0 Å². The van der Waals surface area contributed by atoms with Gasteiger partial charge in [-0.15, -0.1) is 0 Å². The van der Waals surface area contributed by atoms with Gasteiger partial charge >= 0.3 is 0 Å². The molecule has 0 heterocycles. The first-order valence-electron chi connectivity index (χ1n) is 12.4. The molecule has 38 heavy (non-hydrogen) atoms. The van der Waals surface area contributed by atoms with Gasteiger partial charge in [0.1, 0.15) is 12.6 Å². The molecule has 0 aromatic heterocycles. The van der Waals surface area contributed by atoms with E-state index in [1.807, 2.05) is 58.0 Å². The molecule has 0 bridgehead atoms. The topological polar surface area (TPSA) is 86.8 Å². The minimum absolute atomic E-state index is 0.00652. The van der Waals surface area contributed by atoms with Crippen molar-refractivity contribution >= 4 is 39.1 Å². The van der Waals surface area contributed by atoms with Crippen LogP contribution >= 0.6 is 11.6 Å². The van der Waals surface area contributed by atoms with E-state index >= 15 is 0 Å². The minimum Gasteiger partial charge on any atom is -0.352 e. The molecule has 202 valence electrons. The van der Waals surface area contributed by atoms with E-state index in [0.29, 0.717) is 10.7 Å². The predicted octanol–water partition coefficient (Wildman–Crippen LogP) is 5.09. The SMILES string of the molecule is Cc1cccc(CN(C(=O)CN(c2cccc(C)c2)S(=O)(=O)c2ccc(Cl)cc2)C(C)C(=O)NC(C)C)c1. The largest absolute Gasteiger partial charge is 0.352 e. The highest BCUT2D eigenvalue weighted by Gasteiger charge is 2.32. The summed E-state index contributed by atoms with van der Waals surface area (Å²) in [5.74, 6) is -0.819. The van der Waals surface area contributed by atoms with Gasteiger partial charge in [-0.1, -0.05) is 53.6 Å². The Labute approximate surface area is 230 Å². The molecule has 3 rings (SSSR count). The lowest BCUT2D eigenvalue weighted by Crippen LogP contribution is -2.52. The van der Waals surface area contributed by atoms with E-state index in [2.05, 4.69) is 5.32 Å². The zero-order chi connectivity index (χ0) is 28.0. The van der Waals surface area contributed by atoms with Gasteiger partial charge in [0.15, 0.2) is 0 Å². The summed E-state index contributed by atoms with van der Waals surface area (Å²) in [5.41, 5.74) is 3.04. The van der Waals surface area contributed by atoms with Crippen LogP contribution in [0.5, 0.6) is 0 Å². The molecule has 1 unspecified atom stereocenters. The number of carbonyl (C=O) groups excluding carboxylic acids is 2. The Hall–Kier alpha value is -3.36. The molecule has 0 spiro atoms. The summed E-state index contributed by atoms with van der Waals surface area (Å²) in [7, 11) is -4.13. The Kier molecular flexibility index (Phi) is 9.57. The number of aryl methyl sites for hydroxylation is 2. The lowest BCUT2D eigenvalue weighted by Gasteiger charge is -2.32. The van der Waals surface area contributed by atoms with Crippen LogP contribution in [0.3, 0.4) is 0 Å². The quantitative estimate of drug-likeness (QED) is 0.377. The van der Waals surface area contributed by atoms with Crippen molar-refractivity contribution in [3.63, 3.8) is 0 Å². The second-order valence-electron chi connectivity index (χ2n) is 9.65.